The first-order chi connectivity index (χ1) is 10.7. The Kier molecular flexibility index (Phi) is 4.65. The lowest BCUT2D eigenvalue weighted by atomic mass is 10.1. The molecule has 1 N–H and O–H groups in total. The highest BCUT2D eigenvalue weighted by Gasteiger charge is 2.06. The van der Waals surface area contributed by atoms with Gasteiger partial charge in [-0.1, -0.05) is 40.2 Å². The maximum Gasteiger partial charge on any atom is 0.138 e. The highest BCUT2D eigenvalue weighted by molar-refractivity contribution is 9.10. The van der Waals surface area contributed by atoms with Crippen LogP contribution in [0.1, 0.15) is 24.1 Å². The Labute approximate surface area is 138 Å². The molecule has 0 saturated heterocycles. The van der Waals surface area contributed by atoms with Crippen molar-refractivity contribution in [2.24, 2.45) is 0 Å². The molecule has 0 aliphatic rings. The van der Waals surface area contributed by atoms with Crippen molar-refractivity contribution in [1.82, 2.24) is 20.1 Å². The van der Waals surface area contributed by atoms with E-state index in [1.54, 1.807) is 11.0 Å². The summed E-state index contributed by atoms with van der Waals surface area (Å²) in [5, 5.41) is 7.67. The van der Waals surface area contributed by atoms with Crippen LogP contribution >= 0.6 is 15.9 Å². The summed E-state index contributed by atoms with van der Waals surface area (Å²) >= 11 is 3.50. The lowest BCUT2D eigenvalue weighted by molar-refractivity contribution is 0.574. The van der Waals surface area contributed by atoms with Crippen LogP contribution in [0.5, 0.6) is 0 Å². The Morgan fingerprint density at radius 2 is 2.00 bits per heavy atom. The van der Waals surface area contributed by atoms with E-state index in [4.69, 9.17) is 0 Å². The number of hydrogen-bond acceptors (Lipinski definition) is 3. The Hall–Kier alpha value is -1.98. The van der Waals surface area contributed by atoms with Gasteiger partial charge in [-0.2, -0.15) is 5.10 Å². The molecule has 4 nitrogen and oxygen atoms in total. The van der Waals surface area contributed by atoms with Gasteiger partial charge in [0, 0.05) is 17.1 Å². The quantitative estimate of drug-likeness (QED) is 0.754. The maximum atomic E-state index is 4.13. The summed E-state index contributed by atoms with van der Waals surface area (Å²) in [6, 6.07) is 17.0. The second kappa shape index (κ2) is 6.85. The monoisotopic (exact) mass is 356 g/mol. The van der Waals surface area contributed by atoms with Gasteiger partial charge in [0.25, 0.3) is 0 Å². The van der Waals surface area contributed by atoms with E-state index in [1.807, 2.05) is 6.07 Å². The van der Waals surface area contributed by atoms with Crippen molar-refractivity contribution < 1.29 is 0 Å². The maximum absolute atomic E-state index is 4.13. The third-order valence-electron chi connectivity index (χ3n) is 3.58. The number of nitrogens with zero attached hydrogens (tertiary/aromatic N) is 3. The molecule has 0 spiro atoms. The highest BCUT2D eigenvalue weighted by atomic mass is 79.9. The summed E-state index contributed by atoms with van der Waals surface area (Å²) < 4.78 is 2.86. The van der Waals surface area contributed by atoms with Crippen LogP contribution in [0.4, 0.5) is 0 Å². The number of rotatable bonds is 5. The first kappa shape index (κ1) is 14.9. The molecule has 0 aliphatic heterocycles. The average molecular weight is 357 g/mol. The van der Waals surface area contributed by atoms with Crippen molar-refractivity contribution >= 4 is 15.9 Å². The van der Waals surface area contributed by atoms with E-state index in [1.165, 1.54) is 17.5 Å². The van der Waals surface area contributed by atoms with Crippen molar-refractivity contribution in [2.75, 3.05) is 0 Å². The van der Waals surface area contributed by atoms with Crippen LogP contribution in [-0.2, 0) is 6.54 Å². The first-order valence-electron chi connectivity index (χ1n) is 7.15. The Bertz CT molecular complexity index is 723. The molecule has 0 aliphatic carbocycles. The third-order valence-corrected chi connectivity index (χ3v) is 4.07. The first-order valence-corrected chi connectivity index (χ1v) is 7.94. The molecule has 0 bridgehead atoms. The minimum atomic E-state index is 0.281. The van der Waals surface area contributed by atoms with Gasteiger partial charge in [-0.3, -0.25) is 0 Å². The zero-order valence-corrected chi connectivity index (χ0v) is 13.9. The minimum absolute atomic E-state index is 0.281. The average Bonchev–Trinajstić information content (AvgIpc) is 3.07. The Morgan fingerprint density at radius 1 is 1.18 bits per heavy atom. The molecular formula is C17H17BrN4. The van der Waals surface area contributed by atoms with E-state index in [0.717, 1.165) is 16.7 Å². The molecule has 0 amide bonds. The lowest BCUT2D eigenvalue weighted by Gasteiger charge is -2.15. The number of aromatic nitrogens is 3. The molecule has 0 fully saturated rings. The van der Waals surface area contributed by atoms with Gasteiger partial charge in [-0.15, -0.1) is 0 Å². The number of nitrogens with one attached hydrogen (secondary N) is 1. The van der Waals surface area contributed by atoms with Gasteiger partial charge in [-0.25, -0.2) is 9.67 Å². The number of hydrogen-bond donors (Lipinski definition) is 1. The van der Waals surface area contributed by atoms with Gasteiger partial charge in [0.2, 0.25) is 0 Å². The van der Waals surface area contributed by atoms with Crippen molar-refractivity contribution in [3.63, 3.8) is 0 Å². The molecule has 22 heavy (non-hydrogen) atoms. The normalized spacial score (nSPS) is 12.3. The molecule has 2 aromatic carbocycles. The van der Waals surface area contributed by atoms with Crippen LogP contribution in [0.15, 0.2) is 65.7 Å². The van der Waals surface area contributed by atoms with Gasteiger partial charge >= 0.3 is 0 Å². The molecule has 3 aromatic rings. The molecule has 112 valence electrons. The van der Waals surface area contributed by atoms with E-state index in [-0.39, 0.29) is 6.04 Å². The summed E-state index contributed by atoms with van der Waals surface area (Å²) in [5.41, 5.74) is 3.53. The van der Waals surface area contributed by atoms with Crippen molar-refractivity contribution in [2.45, 2.75) is 19.5 Å². The summed E-state index contributed by atoms with van der Waals surface area (Å²) in [6.07, 6.45) is 3.24. The van der Waals surface area contributed by atoms with Gasteiger partial charge < -0.3 is 5.32 Å². The fraction of sp³-hybridized carbons (Fsp3) is 0.176. The molecule has 1 heterocycles. The second-order valence-electron chi connectivity index (χ2n) is 5.16. The third kappa shape index (κ3) is 3.61. The Morgan fingerprint density at radius 3 is 2.68 bits per heavy atom. The zero-order chi connectivity index (χ0) is 15.4. The second-order valence-corrected chi connectivity index (χ2v) is 6.08. The fourth-order valence-electron chi connectivity index (χ4n) is 2.29. The van der Waals surface area contributed by atoms with Gasteiger partial charge in [0.05, 0.1) is 5.69 Å². The molecule has 0 radical (unpaired) electrons. The fourth-order valence-corrected chi connectivity index (χ4v) is 2.74. The van der Waals surface area contributed by atoms with E-state index < -0.39 is 0 Å². The van der Waals surface area contributed by atoms with E-state index in [0.29, 0.717) is 0 Å². The standard InChI is InChI=1S/C17H17BrN4/c1-13(20-10-14-3-2-4-16(18)9-14)15-5-7-17(8-6-15)22-12-19-11-21-22/h2-9,11-13,20H,10H2,1H3/t13-/m1/s1. The predicted molar refractivity (Wildman–Crippen MR) is 90.8 cm³/mol. The number of benzene rings is 2. The molecule has 1 aromatic heterocycles. The number of halogens is 1. The van der Waals surface area contributed by atoms with Crippen LogP contribution in [0, 0.1) is 0 Å². The SMILES string of the molecule is C[C@@H](NCc1cccc(Br)c1)c1ccc(-n2cncn2)cc1. The van der Waals surface area contributed by atoms with Crippen LogP contribution in [-0.4, -0.2) is 14.8 Å². The molecule has 3 rings (SSSR count). The summed E-state index contributed by atoms with van der Waals surface area (Å²) in [5.74, 6) is 0. The highest BCUT2D eigenvalue weighted by Crippen LogP contribution is 2.17. The van der Waals surface area contributed by atoms with Gasteiger partial charge in [-0.05, 0) is 42.3 Å². The van der Waals surface area contributed by atoms with Crippen LogP contribution in [0.2, 0.25) is 0 Å². The lowest BCUT2D eigenvalue weighted by Crippen LogP contribution is -2.18. The minimum Gasteiger partial charge on any atom is -0.306 e. The topological polar surface area (TPSA) is 42.7 Å². The zero-order valence-electron chi connectivity index (χ0n) is 12.3. The molecule has 5 heteroatoms. The Balaban J connectivity index is 1.63. The van der Waals surface area contributed by atoms with Crippen LogP contribution < -0.4 is 5.32 Å². The predicted octanol–water partition coefficient (Wildman–Crippen LogP) is 3.88. The smallest absolute Gasteiger partial charge is 0.138 e. The van der Waals surface area contributed by atoms with Gasteiger partial charge in [0.1, 0.15) is 12.7 Å². The van der Waals surface area contributed by atoms with Crippen molar-refractivity contribution in [1.29, 1.82) is 0 Å². The molecule has 0 unspecified atom stereocenters. The van der Waals surface area contributed by atoms with E-state index in [9.17, 15) is 0 Å². The molecular weight excluding hydrogens is 340 g/mol. The van der Waals surface area contributed by atoms with Gasteiger partial charge in [0.15, 0.2) is 0 Å². The van der Waals surface area contributed by atoms with Crippen LogP contribution in [0.3, 0.4) is 0 Å². The molecule has 0 saturated carbocycles. The summed E-state index contributed by atoms with van der Waals surface area (Å²) in [4.78, 5) is 3.96. The summed E-state index contributed by atoms with van der Waals surface area (Å²) in [7, 11) is 0. The van der Waals surface area contributed by atoms with Crippen molar-refractivity contribution in [3.8, 4) is 5.69 Å². The van der Waals surface area contributed by atoms with E-state index in [2.05, 4.69) is 80.7 Å². The van der Waals surface area contributed by atoms with Crippen LogP contribution in [0.25, 0.3) is 5.69 Å². The summed E-state index contributed by atoms with van der Waals surface area (Å²) in [6.45, 7) is 3.01. The largest absolute Gasteiger partial charge is 0.306 e. The molecule has 1 atom stereocenters. The van der Waals surface area contributed by atoms with Crippen molar-refractivity contribution in [3.05, 3.63) is 76.8 Å². The van der Waals surface area contributed by atoms with E-state index >= 15 is 0 Å².